The highest BCUT2D eigenvalue weighted by Crippen LogP contribution is 2.47. The van der Waals surface area contributed by atoms with Crippen molar-refractivity contribution in [3.8, 4) is 0 Å². The molecular formula is C24H29FN4O3. The summed E-state index contributed by atoms with van der Waals surface area (Å²) < 4.78 is 14.2. The van der Waals surface area contributed by atoms with Crippen molar-refractivity contribution in [2.45, 2.75) is 51.1 Å². The molecule has 2 aliphatic rings. The van der Waals surface area contributed by atoms with Gasteiger partial charge in [-0.1, -0.05) is 12.1 Å². The topological polar surface area (TPSA) is 78.7 Å². The molecule has 0 radical (unpaired) electrons. The van der Waals surface area contributed by atoms with Crippen molar-refractivity contribution in [2.24, 2.45) is 0 Å². The molecule has 0 aliphatic carbocycles. The number of nitro benzene ring substituents is 1. The zero-order chi connectivity index (χ0) is 23.1. The van der Waals surface area contributed by atoms with Crippen molar-refractivity contribution < 1.29 is 14.1 Å². The predicted molar refractivity (Wildman–Crippen MR) is 121 cm³/mol. The Morgan fingerprint density at radius 1 is 1.16 bits per heavy atom. The number of likely N-dealkylation sites (tertiary alicyclic amines) is 1. The summed E-state index contributed by atoms with van der Waals surface area (Å²) in [4.78, 5) is 27.5. The Bertz CT molecular complexity index is 1020. The number of nitro groups is 1. The molecule has 0 saturated carbocycles. The minimum Gasteiger partial charge on any atom is -0.333 e. The van der Waals surface area contributed by atoms with Crippen molar-refractivity contribution in [3.05, 3.63) is 69.5 Å². The van der Waals surface area contributed by atoms with Gasteiger partial charge in [-0.05, 0) is 76.0 Å². The number of non-ortho nitro benzene ring substituents is 1. The number of urea groups is 1. The van der Waals surface area contributed by atoms with Crippen LogP contribution in [0.25, 0.3) is 0 Å². The third-order valence-corrected chi connectivity index (χ3v) is 6.38. The van der Waals surface area contributed by atoms with Gasteiger partial charge in [-0.3, -0.25) is 19.9 Å². The van der Waals surface area contributed by atoms with Crippen LogP contribution in [0.5, 0.6) is 0 Å². The Labute approximate surface area is 187 Å². The van der Waals surface area contributed by atoms with Gasteiger partial charge in [0.2, 0.25) is 0 Å². The van der Waals surface area contributed by atoms with E-state index in [2.05, 4.69) is 10.2 Å². The van der Waals surface area contributed by atoms with Crippen LogP contribution in [0.15, 0.2) is 42.5 Å². The molecular weight excluding hydrogens is 411 g/mol. The van der Waals surface area contributed by atoms with E-state index >= 15 is 0 Å². The predicted octanol–water partition coefficient (Wildman–Crippen LogP) is 4.60. The molecule has 0 unspecified atom stereocenters. The van der Waals surface area contributed by atoms with Crippen molar-refractivity contribution in [1.29, 1.82) is 0 Å². The summed E-state index contributed by atoms with van der Waals surface area (Å²) in [5.74, 6) is -0.283. The zero-order valence-electron chi connectivity index (χ0n) is 18.7. The smallest absolute Gasteiger partial charge is 0.322 e. The van der Waals surface area contributed by atoms with Crippen LogP contribution in [0, 0.1) is 15.9 Å². The van der Waals surface area contributed by atoms with Gasteiger partial charge in [0.1, 0.15) is 5.82 Å². The third-order valence-electron chi connectivity index (χ3n) is 6.38. The second-order valence-electron chi connectivity index (χ2n) is 9.91. The van der Waals surface area contributed by atoms with Gasteiger partial charge in [0.25, 0.3) is 5.69 Å². The number of carbonyl (C=O) groups excluding carboxylic acids is 1. The molecule has 2 aromatic carbocycles. The van der Waals surface area contributed by atoms with Crippen LogP contribution < -0.4 is 10.2 Å². The summed E-state index contributed by atoms with van der Waals surface area (Å²) in [6, 6.07) is 11.2. The number of hydrogen-bond donors (Lipinski definition) is 1. The first-order chi connectivity index (χ1) is 15.1. The van der Waals surface area contributed by atoms with Gasteiger partial charge < -0.3 is 5.32 Å². The van der Waals surface area contributed by atoms with Crippen LogP contribution in [0.2, 0.25) is 0 Å². The summed E-state index contributed by atoms with van der Waals surface area (Å²) in [6.07, 6.45) is 1.63. The standard InChI is InChI=1S/C24H29FN4O3/c1-23(2,3)26-22(30)28-16-24(20-14-18(25)6-9-21(20)28)10-12-27(13-11-24)15-17-4-7-19(8-5-17)29(31)32/h4-9,14H,10-13,15-16H2,1-3H3,(H,26,30). The Kier molecular flexibility index (Phi) is 5.67. The van der Waals surface area contributed by atoms with E-state index in [9.17, 15) is 19.3 Å². The summed E-state index contributed by atoms with van der Waals surface area (Å²) in [7, 11) is 0. The van der Waals surface area contributed by atoms with Gasteiger partial charge >= 0.3 is 6.03 Å². The number of hydrogen-bond acceptors (Lipinski definition) is 4. The Hall–Kier alpha value is -3.00. The first-order valence-corrected chi connectivity index (χ1v) is 10.9. The first kappa shape index (κ1) is 22.2. The van der Waals surface area contributed by atoms with E-state index in [0.717, 1.165) is 42.7 Å². The average Bonchev–Trinajstić information content (AvgIpc) is 3.03. The molecule has 4 rings (SSSR count). The van der Waals surface area contributed by atoms with E-state index in [4.69, 9.17) is 0 Å². The molecule has 32 heavy (non-hydrogen) atoms. The average molecular weight is 441 g/mol. The maximum absolute atomic E-state index is 14.2. The highest BCUT2D eigenvalue weighted by Gasteiger charge is 2.46. The first-order valence-electron chi connectivity index (χ1n) is 10.9. The van der Waals surface area contributed by atoms with Crippen molar-refractivity contribution in [1.82, 2.24) is 10.2 Å². The summed E-state index contributed by atoms with van der Waals surface area (Å²) in [6.45, 7) is 8.69. The van der Waals surface area contributed by atoms with Crippen LogP contribution in [-0.2, 0) is 12.0 Å². The number of nitrogens with one attached hydrogen (secondary N) is 1. The maximum atomic E-state index is 14.2. The number of halogens is 1. The molecule has 1 saturated heterocycles. The lowest BCUT2D eigenvalue weighted by Gasteiger charge is -2.40. The van der Waals surface area contributed by atoms with Crippen molar-refractivity contribution in [3.63, 3.8) is 0 Å². The van der Waals surface area contributed by atoms with Gasteiger partial charge in [-0.25, -0.2) is 9.18 Å². The van der Waals surface area contributed by atoms with Gasteiger partial charge in [0.05, 0.1) is 4.92 Å². The van der Waals surface area contributed by atoms with Gasteiger partial charge in [0.15, 0.2) is 0 Å². The number of amides is 2. The molecule has 2 amide bonds. The number of fused-ring (bicyclic) bond motifs is 2. The van der Waals surface area contributed by atoms with E-state index in [1.165, 1.54) is 18.2 Å². The minimum atomic E-state index is -0.396. The highest BCUT2D eigenvalue weighted by atomic mass is 19.1. The molecule has 1 spiro atoms. The number of benzene rings is 2. The van der Waals surface area contributed by atoms with Crippen LogP contribution in [-0.4, -0.2) is 41.0 Å². The molecule has 0 aromatic heterocycles. The van der Waals surface area contributed by atoms with E-state index in [-0.39, 0.29) is 28.5 Å². The van der Waals surface area contributed by atoms with Crippen molar-refractivity contribution >= 4 is 17.4 Å². The maximum Gasteiger partial charge on any atom is 0.322 e. The number of rotatable bonds is 3. The Balaban J connectivity index is 1.49. The number of carbonyl (C=O) groups is 1. The highest BCUT2D eigenvalue weighted by molar-refractivity contribution is 5.95. The Morgan fingerprint density at radius 3 is 2.41 bits per heavy atom. The van der Waals surface area contributed by atoms with Crippen LogP contribution in [0.4, 0.5) is 20.6 Å². The lowest BCUT2D eigenvalue weighted by Crippen LogP contribution is -2.51. The normalized spacial score (nSPS) is 17.9. The summed E-state index contributed by atoms with van der Waals surface area (Å²) in [5, 5.41) is 13.9. The molecule has 0 atom stereocenters. The van der Waals surface area contributed by atoms with Crippen LogP contribution in [0.3, 0.4) is 0 Å². The lowest BCUT2D eigenvalue weighted by molar-refractivity contribution is -0.384. The zero-order valence-corrected chi connectivity index (χ0v) is 18.7. The van der Waals surface area contributed by atoms with E-state index in [0.29, 0.717) is 13.1 Å². The second kappa shape index (κ2) is 8.16. The number of piperidine rings is 1. The van der Waals surface area contributed by atoms with E-state index in [1.807, 2.05) is 20.8 Å². The molecule has 2 aromatic rings. The van der Waals surface area contributed by atoms with Crippen LogP contribution in [0.1, 0.15) is 44.7 Å². The molecule has 2 aliphatic heterocycles. The monoisotopic (exact) mass is 440 g/mol. The SMILES string of the molecule is CC(C)(C)NC(=O)N1CC2(CCN(Cc3ccc([N+](=O)[O-])cc3)CC2)c2cc(F)ccc21. The fraction of sp³-hybridized carbons (Fsp3) is 0.458. The van der Waals surface area contributed by atoms with Gasteiger partial charge in [-0.2, -0.15) is 0 Å². The number of anilines is 1. The molecule has 7 nitrogen and oxygen atoms in total. The minimum absolute atomic E-state index is 0.0876. The number of nitrogens with zero attached hydrogens (tertiary/aromatic N) is 3. The summed E-state index contributed by atoms with van der Waals surface area (Å²) in [5.41, 5.74) is 2.19. The molecule has 1 N–H and O–H groups in total. The largest absolute Gasteiger partial charge is 0.333 e. The fourth-order valence-electron chi connectivity index (χ4n) is 4.76. The quantitative estimate of drug-likeness (QED) is 0.559. The van der Waals surface area contributed by atoms with Crippen LogP contribution >= 0.6 is 0 Å². The van der Waals surface area contributed by atoms with E-state index < -0.39 is 4.92 Å². The van der Waals surface area contributed by atoms with Gasteiger partial charge in [0, 0.05) is 41.9 Å². The van der Waals surface area contributed by atoms with Gasteiger partial charge in [-0.15, -0.1) is 0 Å². The Morgan fingerprint density at radius 2 is 1.81 bits per heavy atom. The molecule has 1 fully saturated rings. The third kappa shape index (κ3) is 4.46. The molecule has 8 heteroatoms. The molecule has 0 bridgehead atoms. The fourth-order valence-corrected chi connectivity index (χ4v) is 4.76. The molecule has 170 valence electrons. The molecule has 2 heterocycles. The van der Waals surface area contributed by atoms with E-state index in [1.54, 1.807) is 29.2 Å². The second-order valence-corrected chi connectivity index (χ2v) is 9.91. The lowest BCUT2D eigenvalue weighted by atomic mass is 9.74. The van der Waals surface area contributed by atoms with Crippen molar-refractivity contribution in [2.75, 3.05) is 24.5 Å². The summed E-state index contributed by atoms with van der Waals surface area (Å²) >= 11 is 0.